The molecular formula is C25H30N2O4. The predicted molar refractivity (Wildman–Crippen MR) is 120 cm³/mol. The van der Waals surface area contributed by atoms with Crippen LogP contribution in [0, 0.1) is 19.8 Å². The third kappa shape index (κ3) is 5.51. The zero-order valence-electron chi connectivity index (χ0n) is 18.5. The summed E-state index contributed by atoms with van der Waals surface area (Å²) in [6.07, 6.45) is 4.45. The van der Waals surface area contributed by atoms with E-state index < -0.39 is 0 Å². The SMILES string of the molecule is CCn1c(C)cc(C(=O)COC(=O)C2CCN(C(=O)/C=C/c3ccccc3)CC2)c1C. The Kier molecular flexibility index (Phi) is 7.45. The summed E-state index contributed by atoms with van der Waals surface area (Å²) in [4.78, 5) is 39.1. The van der Waals surface area contributed by atoms with E-state index in [1.165, 1.54) is 0 Å². The summed E-state index contributed by atoms with van der Waals surface area (Å²) >= 11 is 0. The Hall–Kier alpha value is -3.15. The second-order valence-electron chi connectivity index (χ2n) is 7.90. The third-order valence-electron chi connectivity index (χ3n) is 5.89. The number of piperidine rings is 1. The molecule has 0 saturated carbocycles. The highest BCUT2D eigenvalue weighted by atomic mass is 16.5. The van der Waals surface area contributed by atoms with Crippen LogP contribution in [0.15, 0.2) is 42.5 Å². The monoisotopic (exact) mass is 422 g/mol. The molecule has 1 aliphatic rings. The van der Waals surface area contributed by atoms with Crippen LogP contribution in [0.4, 0.5) is 0 Å². The van der Waals surface area contributed by atoms with Gasteiger partial charge in [0.1, 0.15) is 0 Å². The van der Waals surface area contributed by atoms with E-state index in [-0.39, 0.29) is 30.2 Å². The van der Waals surface area contributed by atoms with Gasteiger partial charge in [-0.2, -0.15) is 0 Å². The van der Waals surface area contributed by atoms with Crippen LogP contribution in [0.3, 0.4) is 0 Å². The number of esters is 1. The Morgan fingerprint density at radius 1 is 1.10 bits per heavy atom. The number of amides is 1. The van der Waals surface area contributed by atoms with Crippen LogP contribution in [-0.2, 0) is 20.9 Å². The van der Waals surface area contributed by atoms with Gasteiger partial charge in [0.25, 0.3) is 0 Å². The lowest BCUT2D eigenvalue weighted by molar-refractivity contribution is -0.150. The number of carbonyl (C=O) groups excluding carboxylic acids is 3. The number of Topliss-reactive ketones (excluding diaryl/α,β-unsaturated/α-hetero) is 1. The van der Waals surface area contributed by atoms with Crippen molar-refractivity contribution >= 4 is 23.7 Å². The molecular weight excluding hydrogens is 392 g/mol. The lowest BCUT2D eigenvalue weighted by Gasteiger charge is -2.30. The number of ketones is 1. The molecule has 2 aromatic rings. The van der Waals surface area contributed by atoms with Crippen molar-refractivity contribution < 1.29 is 19.1 Å². The maximum atomic E-state index is 12.5. The van der Waals surface area contributed by atoms with Crippen molar-refractivity contribution in [2.45, 2.75) is 40.2 Å². The fourth-order valence-corrected chi connectivity index (χ4v) is 4.07. The third-order valence-corrected chi connectivity index (χ3v) is 5.89. The molecule has 0 radical (unpaired) electrons. The summed E-state index contributed by atoms with van der Waals surface area (Å²) in [5.41, 5.74) is 3.50. The lowest BCUT2D eigenvalue weighted by atomic mass is 9.97. The molecule has 1 aromatic carbocycles. The molecule has 0 spiro atoms. The van der Waals surface area contributed by atoms with Gasteiger partial charge in [-0.05, 0) is 51.3 Å². The molecule has 164 valence electrons. The summed E-state index contributed by atoms with van der Waals surface area (Å²) < 4.78 is 7.38. The van der Waals surface area contributed by atoms with Gasteiger partial charge < -0.3 is 14.2 Å². The van der Waals surface area contributed by atoms with Crippen LogP contribution in [0.2, 0.25) is 0 Å². The van der Waals surface area contributed by atoms with Gasteiger partial charge >= 0.3 is 5.97 Å². The van der Waals surface area contributed by atoms with Crippen LogP contribution in [0.1, 0.15) is 47.1 Å². The number of nitrogens with zero attached hydrogens (tertiary/aromatic N) is 2. The lowest BCUT2D eigenvalue weighted by Crippen LogP contribution is -2.40. The Bertz CT molecular complexity index is 967. The van der Waals surface area contributed by atoms with Crippen LogP contribution in [0.25, 0.3) is 6.08 Å². The van der Waals surface area contributed by atoms with Crippen molar-refractivity contribution in [2.24, 2.45) is 5.92 Å². The van der Waals surface area contributed by atoms with Gasteiger partial charge in [0.2, 0.25) is 11.7 Å². The zero-order chi connectivity index (χ0) is 22.4. The first-order valence-electron chi connectivity index (χ1n) is 10.8. The molecule has 0 N–H and O–H groups in total. The molecule has 1 amide bonds. The Morgan fingerprint density at radius 3 is 2.39 bits per heavy atom. The van der Waals surface area contributed by atoms with Crippen LogP contribution in [0.5, 0.6) is 0 Å². The van der Waals surface area contributed by atoms with Crippen molar-refractivity contribution in [1.29, 1.82) is 0 Å². The first kappa shape index (κ1) is 22.5. The molecule has 0 unspecified atom stereocenters. The highest BCUT2D eigenvalue weighted by molar-refractivity contribution is 5.99. The second kappa shape index (κ2) is 10.2. The van der Waals surface area contributed by atoms with Gasteiger partial charge in [-0.3, -0.25) is 14.4 Å². The van der Waals surface area contributed by atoms with Crippen molar-refractivity contribution in [2.75, 3.05) is 19.7 Å². The minimum atomic E-state index is -0.357. The largest absolute Gasteiger partial charge is 0.457 e. The van der Waals surface area contributed by atoms with Gasteiger partial charge in [0, 0.05) is 42.7 Å². The first-order valence-corrected chi connectivity index (χ1v) is 10.8. The maximum absolute atomic E-state index is 12.5. The summed E-state index contributed by atoms with van der Waals surface area (Å²) in [6, 6.07) is 11.5. The minimum absolute atomic E-state index is 0.0582. The van der Waals surface area contributed by atoms with E-state index in [0.29, 0.717) is 31.5 Å². The summed E-state index contributed by atoms with van der Waals surface area (Å²) in [7, 11) is 0. The quantitative estimate of drug-likeness (QED) is 0.387. The van der Waals surface area contributed by atoms with E-state index in [2.05, 4.69) is 4.57 Å². The number of rotatable bonds is 7. The van der Waals surface area contributed by atoms with E-state index >= 15 is 0 Å². The zero-order valence-corrected chi connectivity index (χ0v) is 18.5. The topological polar surface area (TPSA) is 68.6 Å². The average Bonchev–Trinajstić information content (AvgIpc) is 3.09. The number of ether oxygens (including phenoxy) is 1. The Labute approximate surface area is 183 Å². The number of aromatic nitrogens is 1. The van der Waals surface area contributed by atoms with E-state index in [1.807, 2.05) is 57.2 Å². The fourth-order valence-electron chi connectivity index (χ4n) is 4.07. The van der Waals surface area contributed by atoms with Crippen molar-refractivity contribution in [3.8, 4) is 0 Å². The normalized spacial score (nSPS) is 14.7. The number of hydrogen-bond acceptors (Lipinski definition) is 4. The average molecular weight is 423 g/mol. The summed E-state index contributed by atoms with van der Waals surface area (Å²) in [5.74, 6) is -0.875. The predicted octanol–water partition coefficient (Wildman–Crippen LogP) is 3.80. The molecule has 3 rings (SSSR count). The van der Waals surface area contributed by atoms with Gasteiger partial charge in [0.15, 0.2) is 6.61 Å². The maximum Gasteiger partial charge on any atom is 0.309 e. The molecule has 0 aliphatic carbocycles. The molecule has 2 heterocycles. The van der Waals surface area contributed by atoms with E-state index in [0.717, 1.165) is 23.5 Å². The number of benzene rings is 1. The van der Waals surface area contributed by atoms with Crippen LogP contribution < -0.4 is 0 Å². The summed E-state index contributed by atoms with van der Waals surface area (Å²) in [6.45, 7) is 7.46. The van der Waals surface area contributed by atoms with E-state index in [4.69, 9.17) is 4.74 Å². The molecule has 0 bridgehead atoms. The Balaban J connectivity index is 1.46. The number of aryl methyl sites for hydroxylation is 1. The Morgan fingerprint density at radius 2 is 1.77 bits per heavy atom. The van der Waals surface area contributed by atoms with Gasteiger partial charge in [-0.25, -0.2) is 0 Å². The highest BCUT2D eigenvalue weighted by Gasteiger charge is 2.28. The molecule has 1 aliphatic heterocycles. The summed E-state index contributed by atoms with van der Waals surface area (Å²) in [5, 5.41) is 0. The molecule has 1 saturated heterocycles. The van der Waals surface area contributed by atoms with E-state index in [9.17, 15) is 14.4 Å². The van der Waals surface area contributed by atoms with Crippen molar-refractivity contribution in [3.63, 3.8) is 0 Å². The fraction of sp³-hybridized carbons (Fsp3) is 0.400. The molecule has 6 heteroatoms. The molecule has 0 atom stereocenters. The number of likely N-dealkylation sites (tertiary alicyclic amines) is 1. The molecule has 1 fully saturated rings. The number of carbonyl (C=O) groups is 3. The molecule has 1 aromatic heterocycles. The van der Waals surface area contributed by atoms with E-state index in [1.54, 1.807) is 17.1 Å². The highest BCUT2D eigenvalue weighted by Crippen LogP contribution is 2.20. The smallest absolute Gasteiger partial charge is 0.309 e. The second-order valence-corrected chi connectivity index (χ2v) is 7.90. The van der Waals surface area contributed by atoms with Gasteiger partial charge in [0.05, 0.1) is 5.92 Å². The van der Waals surface area contributed by atoms with Gasteiger partial charge in [-0.1, -0.05) is 30.3 Å². The molecule has 6 nitrogen and oxygen atoms in total. The standard InChI is InChI=1S/C25H30N2O4/c1-4-27-18(2)16-22(19(27)3)23(28)17-31-25(30)21-12-14-26(15-13-21)24(29)11-10-20-8-6-5-7-9-20/h5-11,16,21H,4,12-15,17H2,1-3H3/b11-10+. The van der Waals surface area contributed by atoms with Crippen molar-refractivity contribution in [1.82, 2.24) is 9.47 Å². The van der Waals surface area contributed by atoms with Crippen molar-refractivity contribution in [3.05, 3.63) is 65.0 Å². The van der Waals surface area contributed by atoms with Crippen LogP contribution in [-0.4, -0.2) is 46.8 Å². The van der Waals surface area contributed by atoms with Gasteiger partial charge in [-0.15, -0.1) is 0 Å². The number of hydrogen-bond donors (Lipinski definition) is 0. The minimum Gasteiger partial charge on any atom is -0.457 e. The molecule has 31 heavy (non-hydrogen) atoms. The van der Waals surface area contributed by atoms with Crippen LogP contribution >= 0.6 is 0 Å². The first-order chi connectivity index (χ1) is 14.9.